The molecule has 0 saturated heterocycles. The zero-order chi connectivity index (χ0) is 10.1. The van der Waals surface area contributed by atoms with Gasteiger partial charge in [-0.15, -0.1) is 0 Å². The number of aromatic nitrogens is 1. The Morgan fingerprint density at radius 1 is 1.43 bits per heavy atom. The van der Waals surface area contributed by atoms with Crippen molar-refractivity contribution in [2.75, 3.05) is 0 Å². The Labute approximate surface area is 81.6 Å². The lowest BCUT2D eigenvalue weighted by atomic mass is 10.2. The van der Waals surface area contributed by atoms with Crippen molar-refractivity contribution in [3.05, 3.63) is 36.0 Å². The van der Waals surface area contributed by atoms with Crippen LogP contribution in [-0.4, -0.2) is 10.5 Å². The van der Waals surface area contributed by atoms with Crippen LogP contribution in [0.3, 0.4) is 0 Å². The summed E-state index contributed by atoms with van der Waals surface area (Å²) in [5.41, 5.74) is 1.88. The zero-order valence-corrected chi connectivity index (χ0v) is 7.86. The van der Waals surface area contributed by atoms with Crippen molar-refractivity contribution in [2.24, 2.45) is 0 Å². The maximum absolute atomic E-state index is 10.5. The number of benzene rings is 1. The molecule has 0 aliphatic rings. The van der Waals surface area contributed by atoms with Crippen LogP contribution < -0.4 is 5.11 Å². The summed E-state index contributed by atoms with van der Waals surface area (Å²) in [6, 6.07) is 9.68. The second-order valence-corrected chi connectivity index (χ2v) is 3.30. The smallest absolute Gasteiger partial charge is 0.0624 e. The summed E-state index contributed by atoms with van der Waals surface area (Å²) in [5.74, 6) is -1.06. The molecular weight excluding hydrogens is 178 g/mol. The van der Waals surface area contributed by atoms with Gasteiger partial charge in [0.15, 0.2) is 0 Å². The van der Waals surface area contributed by atoms with E-state index in [4.69, 9.17) is 0 Å². The van der Waals surface area contributed by atoms with Crippen molar-refractivity contribution in [1.82, 2.24) is 4.57 Å². The largest absolute Gasteiger partial charge is 0.548 e. The van der Waals surface area contributed by atoms with Crippen LogP contribution in [0.5, 0.6) is 0 Å². The first-order valence-electron chi connectivity index (χ1n) is 4.43. The van der Waals surface area contributed by atoms with Crippen LogP contribution in [0.1, 0.15) is 5.69 Å². The van der Waals surface area contributed by atoms with Gasteiger partial charge in [0.2, 0.25) is 0 Å². The van der Waals surface area contributed by atoms with Crippen LogP contribution in [0.2, 0.25) is 0 Å². The molecule has 72 valence electrons. The molecule has 1 aromatic carbocycles. The van der Waals surface area contributed by atoms with Crippen LogP contribution in [0.4, 0.5) is 0 Å². The van der Waals surface area contributed by atoms with Gasteiger partial charge in [0, 0.05) is 11.2 Å². The second-order valence-electron chi connectivity index (χ2n) is 3.30. The average molecular weight is 188 g/mol. The molecule has 3 heteroatoms. The Morgan fingerprint density at radius 3 is 2.86 bits per heavy atom. The van der Waals surface area contributed by atoms with Crippen molar-refractivity contribution in [3.63, 3.8) is 0 Å². The maximum atomic E-state index is 10.5. The van der Waals surface area contributed by atoms with Gasteiger partial charge >= 0.3 is 0 Å². The minimum Gasteiger partial charge on any atom is -0.548 e. The molecule has 2 aromatic rings. The first-order chi connectivity index (χ1) is 6.68. The molecule has 0 N–H and O–H groups in total. The Balaban J connectivity index is 2.62. The van der Waals surface area contributed by atoms with Crippen LogP contribution in [-0.2, 0) is 11.3 Å². The van der Waals surface area contributed by atoms with Crippen LogP contribution >= 0.6 is 0 Å². The van der Waals surface area contributed by atoms with Gasteiger partial charge < -0.3 is 14.5 Å². The van der Waals surface area contributed by atoms with Gasteiger partial charge in [-0.25, -0.2) is 0 Å². The summed E-state index contributed by atoms with van der Waals surface area (Å²) in [6.45, 7) is 1.81. The highest BCUT2D eigenvalue weighted by molar-refractivity contribution is 5.82. The number of carbonyl (C=O) groups excluding carboxylic acids is 1. The van der Waals surface area contributed by atoms with Crippen LogP contribution in [0, 0.1) is 6.92 Å². The van der Waals surface area contributed by atoms with E-state index in [0.717, 1.165) is 16.6 Å². The van der Waals surface area contributed by atoms with Gasteiger partial charge in [-0.2, -0.15) is 0 Å². The number of hydrogen-bond acceptors (Lipinski definition) is 2. The van der Waals surface area contributed by atoms with Crippen molar-refractivity contribution < 1.29 is 9.90 Å². The van der Waals surface area contributed by atoms with Crippen molar-refractivity contribution in [2.45, 2.75) is 13.5 Å². The lowest BCUT2D eigenvalue weighted by molar-refractivity contribution is -0.306. The molecule has 0 unspecified atom stereocenters. The third-order valence-corrected chi connectivity index (χ3v) is 2.30. The fourth-order valence-corrected chi connectivity index (χ4v) is 1.69. The summed E-state index contributed by atoms with van der Waals surface area (Å²) in [5, 5.41) is 11.6. The molecule has 0 saturated carbocycles. The molecule has 0 bridgehead atoms. The molecule has 0 fully saturated rings. The number of carboxylic acids is 1. The number of aryl methyl sites for hydroxylation is 1. The number of aliphatic carboxylic acids is 1. The Morgan fingerprint density at radius 2 is 2.14 bits per heavy atom. The topological polar surface area (TPSA) is 45.1 Å². The van der Waals surface area contributed by atoms with Gasteiger partial charge in [0.1, 0.15) is 0 Å². The van der Waals surface area contributed by atoms with E-state index in [1.54, 1.807) is 4.57 Å². The predicted molar refractivity (Wildman–Crippen MR) is 51.7 cm³/mol. The third-order valence-electron chi connectivity index (χ3n) is 2.30. The second kappa shape index (κ2) is 3.18. The molecule has 2 rings (SSSR count). The Kier molecular flexibility index (Phi) is 2.00. The number of para-hydroxylation sites is 1. The maximum Gasteiger partial charge on any atom is 0.0624 e. The quantitative estimate of drug-likeness (QED) is 0.696. The molecule has 0 aliphatic heterocycles. The number of fused-ring (bicyclic) bond motifs is 1. The molecule has 0 atom stereocenters. The minimum absolute atomic E-state index is 0.0840. The Bertz CT molecular complexity index is 485. The molecule has 0 amide bonds. The summed E-state index contributed by atoms with van der Waals surface area (Å²) >= 11 is 0. The summed E-state index contributed by atoms with van der Waals surface area (Å²) in [7, 11) is 0. The molecule has 1 heterocycles. The summed E-state index contributed by atoms with van der Waals surface area (Å²) in [4.78, 5) is 10.5. The van der Waals surface area contributed by atoms with Crippen molar-refractivity contribution in [1.29, 1.82) is 0 Å². The van der Waals surface area contributed by atoms with E-state index in [0.29, 0.717) is 0 Å². The lowest BCUT2D eigenvalue weighted by Crippen LogP contribution is -2.27. The van der Waals surface area contributed by atoms with Gasteiger partial charge in [-0.05, 0) is 24.4 Å². The standard InChI is InChI=1S/C11H11NO2/c1-8-6-9-4-2-3-5-10(9)12(8)7-11(13)14/h2-6H,7H2,1H3,(H,13,14)/p-1. The van der Waals surface area contributed by atoms with E-state index in [-0.39, 0.29) is 6.54 Å². The molecular formula is C11H10NO2-. The number of rotatable bonds is 2. The summed E-state index contributed by atoms with van der Waals surface area (Å²) in [6.07, 6.45) is 0. The molecule has 14 heavy (non-hydrogen) atoms. The monoisotopic (exact) mass is 188 g/mol. The third kappa shape index (κ3) is 1.37. The molecule has 1 aromatic heterocycles. The van der Waals surface area contributed by atoms with Gasteiger partial charge in [0.05, 0.1) is 12.5 Å². The highest BCUT2D eigenvalue weighted by Gasteiger charge is 2.03. The Hall–Kier alpha value is -1.77. The average Bonchev–Trinajstić information content (AvgIpc) is 2.43. The normalized spacial score (nSPS) is 10.6. The molecule has 0 radical (unpaired) electrons. The molecule has 0 aliphatic carbocycles. The zero-order valence-electron chi connectivity index (χ0n) is 7.86. The van der Waals surface area contributed by atoms with E-state index in [1.807, 2.05) is 37.3 Å². The minimum atomic E-state index is -1.06. The number of nitrogens with zero attached hydrogens (tertiary/aromatic N) is 1. The number of hydrogen-bond donors (Lipinski definition) is 0. The number of carbonyl (C=O) groups is 1. The number of carboxylic acid groups (broad SMARTS) is 1. The van der Waals surface area contributed by atoms with Crippen LogP contribution in [0.15, 0.2) is 30.3 Å². The SMILES string of the molecule is Cc1cc2ccccc2n1CC(=O)[O-]. The fourth-order valence-electron chi connectivity index (χ4n) is 1.69. The molecule has 3 nitrogen and oxygen atoms in total. The highest BCUT2D eigenvalue weighted by Crippen LogP contribution is 2.18. The van der Waals surface area contributed by atoms with Crippen molar-refractivity contribution in [3.8, 4) is 0 Å². The van der Waals surface area contributed by atoms with Crippen molar-refractivity contribution >= 4 is 16.9 Å². The van der Waals surface area contributed by atoms with Gasteiger partial charge in [-0.3, -0.25) is 0 Å². The van der Waals surface area contributed by atoms with Crippen LogP contribution in [0.25, 0.3) is 10.9 Å². The van der Waals surface area contributed by atoms with Gasteiger partial charge in [-0.1, -0.05) is 18.2 Å². The predicted octanol–water partition coefficient (Wildman–Crippen LogP) is 0.700. The van der Waals surface area contributed by atoms with E-state index in [9.17, 15) is 9.90 Å². The summed E-state index contributed by atoms with van der Waals surface area (Å²) < 4.78 is 1.74. The van der Waals surface area contributed by atoms with E-state index in [1.165, 1.54) is 0 Å². The molecule has 0 spiro atoms. The first kappa shape index (κ1) is 8.81. The van der Waals surface area contributed by atoms with Gasteiger partial charge in [0.25, 0.3) is 0 Å². The first-order valence-corrected chi connectivity index (χ1v) is 4.43. The fraction of sp³-hybridized carbons (Fsp3) is 0.182. The van der Waals surface area contributed by atoms with E-state index in [2.05, 4.69) is 0 Å². The lowest BCUT2D eigenvalue weighted by Gasteiger charge is -2.08. The van der Waals surface area contributed by atoms with E-state index >= 15 is 0 Å². The van der Waals surface area contributed by atoms with E-state index < -0.39 is 5.97 Å². The highest BCUT2D eigenvalue weighted by atomic mass is 16.4.